The van der Waals surface area contributed by atoms with Gasteiger partial charge in [-0.25, -0.2) is 0 Å². The van der Waals surface area contributed by atoms with Gasteiger partial charge < -0.3 is 4.74 Å². The Bertz CT molecular complexity index is 199. The molecule has 0 aromatic heterocycles. The molecule has 0 aromatic carbocycles. The molecule has 1 saturated carbocycles. The van der Waals surface area contributed by atoms with Gasteiger partial charge in [-0.3, -0.25) is 0 Å². The van der Waals surface area contributed by atoms with Gasteiger partial charge in [-0.15, -0.1) is 11.6 Å². The number of hydrogen-bond acceptors (Lipinski definition) is 1. The van der Waals surface area contributed by atoms with E-state index in [1.54, 1.807) is 0 Å². The molecule has 1 aliphatic rings. The van der Waals surface area contributed by atoms with E-state index >= 15 is 0 Å². The lowest BCUT2D eigenvalue weighted by atomic mass is 9.62. The second-order valence-corrected chi connectivity index (χ2v) is 5.74. The van der Waals surface area contributed by atoms with Crippen LogP contribution in [0.1, 0.15) is 53.9 Å². The molecular weight excluding hydrogens is 208 g/mol. The van der Waals surface area contributed by atoms with E-state index in [0.717, 1.165) is 19.3 Å². The zero-order chi connectivity index (χ0) is 11.6. The van der Waals surface area contributed by atoms with Crippen LogP contribution in [0.4, 0.5) is 0 Å². The van der Waals surface area contributed by atoms with Crippen molar-refractivity contribution in [3.63, 3.8) is 0 Å². The van der Waals surface area contributed by atoms with Gasteiger partial charge in [-0.2, -0.15) is 0 Å². The number of hydrogen-bond donors (Lipinski definition) is 0. The van der Waals surface area contributed by atoms with Gasteiger partial charge in [-0.1, -0.05) is 27.7 Å². The summed E-state index contributed by atoms with van der Waals surface area (Å²) in [6.45, 7) is 11.0. The minimum atomic E-state index is 0.241. The molecule has 3 atom stereocenters. The summed E-state index contributed by atoms with van der Waals surface area (Å²) in [5, 5.41) is 0.317. The smallest absolute Gasteiger partial charge is 0.0663 e. The fraction of sp³-hybridized carbons (Fsp3) is 1.00. The normalized spacial score (nSPS) is 31.4. The molecule has 0 amide bonds. The molecule has 1 rings (SSSR count). The molecule has 0 spiro atoms. The summed E-state index contributed by atoms with van der Waals surface area (Å²) in [6.07, 6.45) is 4.02. The molecule has 1 fully saturated rings. The third-order valence-corrected chi connectivity index (χ3v) is 4.93. The first kappa shape index (κ1) is 13.3. The lowest BCUT2D eigenvalue weighted by molar-refractivity contribution is -0.148. The third kappa shape index (κ3) is 2.34. The molecule has 0 N–H and O–H groups in total. The van der Waals surface area contributed by atoms with Gasteiger partial charge in [-0.05, 0) is 32.1 Å². The van der Waals surface area contributed by atoms with Crippen LogP contribution >= 0.6 is 11.6 Å². The molecule has 0 radical (unpaired) electrons. The first-order valence-corrected chi connectivity index (χ1v) is 6.71. The fourth-order valence-corrected chi connectivity index (χ4v) is 3.07. The summed E-state index contributed by atoms with van der Waals surface area (Å²) in [5.41, 5.74) is 0.241. The Hall–Kier alpha value is 0.250. The highest BCUT2D eigenvalue weighted by Gasteiger charge is 2.53. The highest BCUT2D eigenvalue weighted by molar-refractivity contribution is 6.21. The highest BCUT2D eigenvalue weighted by atomic mass is 35.5. The molecule has 3 unspecified atom stereocenters. The van der Waals surface area contributed by atoms with E-state index in [4.69, 9.17) is 16.3 Å². The summed E-state index contributed by atoms with van der Waals surface area (Å²) in [6, 6.07) is 0. The van der Waals surface area contributed by atoms with E-state index in [0.29, 0.717) is 23.5 Å². The molecule has 2 heteroatoms. The van der Waals surface area contributed by atoms with Crippen molar-refractivity contribution in [1.29, 1.82) is 0 Å². The maximum Gasteiger partial charge on any atom is 0.0663 e. The second kappa shape index (κ2) is 5.05. The minimum absolute atomic E-state index is 0.241. The molecule has 15 heavy (non-hydrogen) atoms. The molecular formula is C13H25ClO. The summed E-state index contributed by atoms with van der Waals surface area (Å²) in [5.74, 6) is 0.589. The van der Waals surface area contributed by atoms with Crippen molar-refractivity contribution >= 4 is 11.6 Å². The van der Waals surface area contributed by atoms with Crippen molar-refractivity contribution in [3.05, 3.63) is 0 Å². The number of halogens is 1. The maximum absolute atomic E-state index is 6.35. The van der Waals surface area contributed by atoms with Crippen LogP contribution in [0.3, 0.4) is 0 Å². The summed E-state index contributed by atoms with van der Waals surface area (Å²) in [7, 11) is 0. The van der Waals surface area contributed by atoms with E-state index in [2.05, 4.69) is 34.6 Å². The van der Waals surface area contributed by atoms with Crippen molar-refractivity contribution in [2.45, 2.75) is 71.5 Å². The van der Waals surface area contributed by atoms with Gasteiger partial charge >= 0.3 is 0 Å². The van der Waals surface area contributed by atoms with E-state index < -0.39 is 0 Å². The summed E-state index contributed by atoms with van der Waals surface area (Å²) < 4.78 is 6.13. The lowest BCUT2D eigenvalue weighted by Gasteiger charge is -2.53. The van der Waals surface area contributed by atoms with Crippen molar-refractivity contribution in [3.8, 4) is 0 Å². The van der Waals surface area contributed by atoms with E-state index in [1.165, 1.54) is 0 Å². The second-order valence-electron chi connectivity index (χ2n) is 5.22. The van der Waals surface area contributed by atoms with Crippen LogP contribution in [0.15, 0.2) is 0 Å². The van der Waals surface area contributed by atoms with Crippen LogP contribution < -0.4 is 0 Å². The van der Waals surface area contributed by atoms with Gasteiger partial charge in [0.05, 0.1) is 12.2 Å². The van der Waals surface area contributed by atoms with Gasteiger partial charge in [0.25, 0.3) is 0 Å². The first-order valence-electron chi connectivity index (χ1n) is 6.27. The monoisotopic (exact) mass is 232 g/mol. The first-order chi connectivity index (χ1) is 6.97. The quantitative estimate of drug-likeness (QED) is 0.645. The molecule has 1 aliphatic carbocycles. The van der Waals surface area contributed by atoms with Gasteiger partial charge in [0.1, 0.15) is 0 Å². The van der Waals surface area contributed by atoms with Crippen molar-refractivity contribution in [2.75, 3.05) is 0 Å². The molecule has 0 heterocycles. The molecule has 1 nitrogen and oxygen atoms in total. The lowest BCUT2D eigenvalue weighted by Crippen LogP contribution is -2.56. The SMILES string of the molecule is CCC1(CC)C(Cl)CC1OC(C)C(C)C. The van der Waals surface area contributed by atoms with E-state index in [1.807, 2.05) is 0 Å². The van der Waals surface area contributed by atoms with Crippen LogP contribution in [0.5, 0.6) is 0 Å². The predicted molar refractivity (Wildman–Crippen MR) is 66.4 cm³/mol. The van der Waals surface area contributed by atoms with Gasteiger partial charge in [0.15, 0.2) is 0 Å². The summed E-state index contributed by atoms with van der Waals surface area (Å²) >= 11 is 6.35. The molecule has 0 bridgehead atoms. The van der Waals surface area contributed by atoms with E-state index in [9.17, 15) is 0 Å². The van der Waals surface area contributed by atoms with Crippen molar-refractivity contribution in [2.24, 2.45) is 11.3 Å². The minimum Gasteiger partial charge on any atom is -0.374 e. The van der Waals surface area contributed by atoms with Gasteiger partial charge in [0.2, 0.25) is 0 Å². The van der Waals surface area contributed by atoms with Crippen LogP contribution in [0.2, 0.25) is 0 Å². The molecule has 0 aliphatic heterocycles. The third-order valence-electron chi connectivity index (χ3n) is 4.32. The van der Waals surface area contributed by atoms with Crippen LogP contribution in [-0.2, 0) is 4.74 Å². The Balaban J connectivity index is 2.57. The van der Waals surface area contributed by atoms with Crippen molar-refractivity contribution < 1.29 is 4.74 Å². The Morgan fingerprint density at radius 3 is 2.13 bits per heavy atom. The Morgan fingerprint density at radius 1 is 1.27 bits per heavy atom. The largest absolute Gasteiger partial charge is 0.374 e. The predicted octanol–water partition coefficient (Wildman–Crippen LogP) is 4.23. The summed E-state index contributed by atoms with van der Waals surface area (Å²) in [4.78, 5) is 0. The Morgan fingerprint density at radius 2 is 1.80 bits per heavy atom. The topological polar surface area (TPSA) is 9.23 Å². The molecule has 0 aromatic rings. The number of rotatable bonds is 5. The van der Waals surface area contributed by atoms with E-state index in [-0.39, 0.29) is 5.41 Å². The van der Waals surface area contributed by atoms with Crippen molar-refractivity contribution in [1.82, 2.24) is 0 Å². The number of alkyl halides is 1. The fourth-order valence-electron chi connectivity index (χ4n) is 2.45. The standard InChI is InChI=1S/C13H25ClO/c1-6-13(7-2)11(14)8-12(13)15-10(5)9(3)4/h9-12H,6-8H2,1-5H3. The average Bonchev–Trinajstić information content (AvgIpc) is 2.18. The maximum atomic E-state index is 6.35. The molecule has 90 valence electrons. The Labute approximate surface area is 99.5 Å². The zero-order valence-corrected chi connectivity index (χ0v) is 11.5. The zero-order valence-electron chi connectivity index (χ0n) is 10.7. The van der Waals surface area contributed by atoms with Crippen LogP contribution in [0, 0.1) is 11.3 Å². The highest BCUT2D eigenvalue weighted by Crippen LogP contribution is 2.52. The average molecular weight is 233 g/mol. The Kier molecular flexibility index (Phi) is 4.49. The van der Waals surface area contributed by atoms with Gasteiger partial charge in [0, 0.05) is 10.8 Å². The molecule has 0 saturated heterocycles. The number of ether oxygens (including phenoxy) is 1. The van der Waals surface area contributed by atoms with Crippen LogP contribution in [0.25, 0.3) is 0 Å². The van der Waals surface area contributed by atoms with Crippen LogP contribution in [-0.4, -0.2) is 17.6 Å².